The van der Waals surface area contributed by atoms with Crippen molar-refractivity contribution in [1.82, 2.24) is 5.32 Å². The van der Waals surface area contributed by atoms with Crippen LogP contribution in [0.2, 0.25) is 0 Å². The Morgan fingerprint density at radius 3 is 2.60 bits per heavy atom. The van der Waals surface area contributed by atoms with E-state index in [4.69, 9.17) is 0 Å². The van der Waals surface area contributed by atoms with Crippen LogP contribution < -0.4 is 5.32 Å². The molecule has 0 bridgehead atoms. The van der Waals surface area contributed by atoms with Gasteiger partial charge in [-0.3, -0.25) is 0 Å². The summed E-state index contributed by atoms with van der Waals surface area (Å²) in [6, 6.07) is 0. The average molecular weight is 209 g/mol. The molecule has 2 aliphatic rings. The van der Waals surface area contributed by atoms with Crippen LogP contribution in [0.1, 0.15) is 45.4 Å². The minimum Gasteiger partial charge on any atom is -0.393 e. The number of piperidine rings is 1. The molecule has 86 valence electrons. The summed E-state index contributed by atoms with van der Waals surface area (Å²) in [5.74, 6) is 0.381. The smallest absolute Gasteiger partial charge is 0.0589 e. The highest BCUT2D eigenvalue weighted by Gasteiger charge is 2.25. The SMILES string of the molecule is CC(O)C1CNCCC1=C1CCCCC1. The van der Waals surface area contributed by atoms with Gasteiger partial charge >= 0.3 is 0 Å². The molecule has 1 saturated carbocycles. The van der Waals surface area contributed by atoms with Crippen LogP contribution in [0, 0.1) is 5.92 Å². The van der Waals surface area contributed by atoms with Gasteiger partial charge in [-0.25, -0.2) is 0 Å². The second-order valence-corrected chi connectivity index (χ2v) is 4.99. The van der Waals surface area contributed by atoms with Crippen molar-refractivity contribution >= 4 is 0 Å². The fourth-order valence-corrected chi connectivity index (χ4v) is 2.99. The second kappa shape index (κ2) is 5.13. The predicted octanol–water partition coefficient (Wildman–Crippen LogP) is 2.24. The van der Waals surface area contributed by atoms with Gasteiger partial charge in [0.15, 0.2) is 0 Å². The molecule has 2 fully saturated rings. The third-order valence-electron chi connectivity index (χ3n) is 3.88. The topological polar surface area (TPSA) is 32.3 Å². The molecule has 2 N–H and O–H groups in total. The molecule has 0 aromatic rings. The molecule has 2 nitrogen and oxygen atoms in total. The van der Waals surface area contributed by atoms with Gasteiger partial charge in [0, 0.05) is 12.5 Å². The molecule has 15 heavy (non-hydrogen) atoms. The van der Waals surface area contributed by atoms with Crippen LogP contribution in [0.15, 0.2) is 11.1 Å². The first-order valence-corrected chi connectivity index (χ1v) is 6.38. The number of allylic oxidation sites excluding steroid dienone is 1. The van der Waals surface area contributed by atoms with E-state index < -0.39 is 0 Å². The first-order chi connectivity index (χ1) is 7.29. The van der Waals surface area contributed by atoms with Crippen molar-refractivity contribution < 1.29 is 5.11 Å². The average Bonchev–Trinajstić information content (AvgIpc) is 2.30. The van der Waals surface area contributed by atoms with Crippen molar-refractivity contribution in [3.05, 3.63) is 11.1 Å². The zero-order chi connectivity index (χ0) is 10.7. The van der Waals surface area contributed by atoms with Crippen LogP contribution in [0.3, 0.4) is 0 Å². The van der Waals surface area contributed by atoms with E-state index >= 15 is 0 Å². The van der Waals surface area contributed by atoms with Crippen LogP contribution in [0.5, 0.6) is 0 Å². The minimum absolute atomic E-state index is 0.192. The molecule has 1 saturated heterocycles. The van der Waals surface area contributed by atoms with Crippen LogP contribution >= 0.6 is 0 Å². The normalized spacial score (nSPS) is 30.4. The summed E-state index contributed by atoms with van der Waals surface area (Å²) in [5.41, 5.74) is 3.26. The monoisotopic (exact) mass is 209 g/mol. The highest BCUT2D eigenvalue weighted by Crippen LogP contribution is 2.33. The molecule has 2 atom stereocenters. The summed E-state index contributed by atoms with van der Waals surface area (Å²) in [5, 5.41) is 13.2. The van der Waals surface area contributed by atoms with Gasteiger partial charge in [-0.15, -0.1) is 0 Å². The van der Waals surface area contributed by atoms with Crippen LogP contribution in [-0.4, -0.2) is 24.3 Å². The molecular weight excluding hydrogens is 186 g/mol. The Bertz CT molecular complexity index is 237. The van der Waals surface area contributed by atoms with E-state index in [1.165, 1.54) is 32.1 Å². The predicted molar refractivity (Wildman–Crippen MR) is 62.8 cm³/mol. The quantitative estimate of drug-likeness (QED) is 0.649. The Labute approximate surface area is 92.8 Å². The lowest BCUT2D eigenvalue weighted by atomic mass is 9.80. The largest absolute Gasteiger partial charge is 0.393 e. The third-order valence-corrected chi connectivity index (χ3v) is 3.88. The standard InChI is InChI=1S/C13H23NO/c1-10(15)13-9-14-8-7-12(13)11-5-3-2-4-6-11/h10,13-15H,2-9H2,1H3. The molecule has 1 aliphatic heterocycles. The van der Waals surface area contributed by atoms with Gasteiger partial charge in [0.1, 0.15) is 0 Å². The maximum absolute atomic E-state index is 9.80. The maximum atomic E-state index is 9.80. The van der Waals surface area contributed by atoms with E-state index in [9.17, 15) is 5.11 Å². The fourth-order valence-electron chi connectivity index (χ4n) is 2.99. The number of hydrogen-bond acceptors (Lipinski definition) is 2. The van der Waals surface area contributed by atoms with Crippen LogP contribution in [0.25, 0.3) is 0 Å². The Morgan fingerprint density at radius 2 is 1.93 bits per heavy atom. The summed E-state index contributed by atoms with van der Waals surface area (Å²) < 4.78 is 0. The van der Waals surface area contributed by atoms with Crippen molar-refractivity contribution in [2.45, 2.75) is 51.6 Å². The highest BCUT2D eigenvalue weighted by molar-refractivity contribution is 5.21. The lowest BCUT2D eigenvalue weighted by Gasteiger charge is -2.32. The number of aliphatic hydroxyl groups excluding tert-OH is 1. The molecule has 0 spiro atoms. The number of hydrogen-bond donors (Lipinski definition) is 2. The first-order valence-electron chi connectivity index (χ1n) is 6.38. The van der Waals surface area contributed by atoms with Crippen molar-refractivity contribution in [2.24, 2.45) is 5.92 Å². The van der Waals surface area contributed by atoms with Crippen LogP contribution in [0.4, 0.5) is 0 Å². The lowest BCUT2D eigenvalue weighted by Crippen LogP contribution is -2.38. The van der Waals surface area contributed by atoms with E-state index in [0.717, 1.165) is 19.5 Å². The van der Waals surface area contributed by atoms with E-state index in [0.29, 0.717) is 5.92 Å². The molecular formula is C13H23NO. The molecule has 2 unspecified atom stereocenters. The molecule has 2 rings (SSSR count). The summed E-state index contributed by atoms with van der Waals surface area (Å²) in [6.45, 7) is 4.00. The Balaban J connectivity index is 2.14. The molecule has 1 aliphatic carbocycles. The van der Waals surface area contributed by atoms with Gasteiger partial charge in [-0.2, -0.15) is 0 Å². The Morgan fingerprint density at radius 1 is 1.20 bits per heavy atom. The Hall–Kier alpha value is -0.340. The van der Waals surface area contributed by atoms with Gasteiger partial charge in [-0.05, 0) is 45.6 Å². The minimum atomic E-state index is -0.192. The fraction of sp³-hybridized carbons (Fsp3) is 0.846. The summed E-state index contributed by atoms with van der Waals surface area (Å²) in [7, 11) is 0. The molecule has 0 radical (unpaired) electrons. The van der Waals surface area contributed by atoms with Gasteiger partial charge in [0.25, 0.3) is 0 Å². The number of rotatable bonds is 1. The van der Waals surface area contributed by atoms with E-state index in [1.54, 1.807) is 11.1 Å². The van der Waals surface area contributed by atoms with E-state index in [-0.39, 0.29) is 6.10 Å². The Kier molecular flexibility index (Phi) is 3.81. The summed E-state index contributed by atoms with van der Waals surface area (Å²) in [4.78, 5) is 0. The van der Waals surface area contributed by atoms with Crippen molar-refractivity contribution in [3.63, 3.8) is 0 Å². The zero-order valence-electron chi connectivity index (χ0n) is 9.76. The lowest BCUT2D eigenvalue weighted by molar-refractivity contribution is 0.133. The molecule has 2 heteroatoms. The van der Waals surface area contributed by atoms with E-state index in [1.807, 2.05) is 6.92 Å². The number of nitrogens with one attached hydrogen (secondary N) is 1. The van der Waals surface area contributed by atoms with Crippen molar-refractivity contribution in [2.75, 3.05) is 13.1 Å². The van der Waals surface area contributed by atoms with Gasteiger partial charge in [0.05, 0.1) is 6.10 Å². The third kappa shape index (κ3) is 2.61. The van der Waals surface area contributed by atoms with Crippen LogP contribution in [-0.2, 0) is 0 Å². The van der Waals surface area contributed by atoms with Gasteiger partial charge in [-0.1, -0.05) is 17.6 Å². The summed E-state index contributed by atoms with van der Waals surface area (Å²) in [6.07, 6.45) is 7.66. The molecule has 0 amide bonds. The highest BCUT2D eigenvalue weighted by atomic mass is 16.3. The molecule has 0 aromatic carbocycles. The van der Waals surface area contributed by atoms with Crippen molar-refractivity contribution in [1.29, 1.82) is 0 Å². The summed E-state index contributed by atoms with van der Waals surface area (Å²) >= 11 is 0. The number of aliphatic hydroxyl groups is 1. The van der Waals surface area contributed by atoms with E-state index in [2.05, 4.69) is 5.32 Å². The zero-order valence-corrected chi connectivity index (χ0v) is 9.76. The van der Waals surface area contributed by atoms with Gasteiger partial charge in [0.2, 0.25) is 0 Å². The second-order valence-electron chi connectivity index (χ2n) is 4.99. The molecule has 1 heterocycles. The first kappa shape index (κ1) is 11.2. The van der Waals surface area contributed by atoms with Gasteiger partial charge < -0.3 is 10.4 Å². The molecule has 0 aromatic heterocycles. The van der Waals surface area contributed by atoms with Crippen molar-refractivity contribution in [3.8, 4) is 0 Å². The maximum Gasteiger partial charge on any atom is 0.0589 e.